The summed E-state index contributed by atoms with van der Waals surface area (Å²) in [5, 5.41) is 4.41. The monoisotopic (exact) mass is 445 g/mol. The molecule has 1 aliphatic heterocycles. The molecule has 0 unspecified atom stereocenters. The molecule has 6 nitrogen and oxygen atoms in total. The van der Waals surface area contributed by atoms with Gasteiger partial charge >= 0.3 is 6.09 Å². The van der Waals surface area contributed by atoms with Crippen molar-refractivity contribution in [1.82, 2.24) is 14.7 Å². The third-order valence-electron chi connectivity index (χ3n) is 5.24. The van der Waals surface area contributed by atoms with Crippen molar-refractivity contribution in [2.75, 3.05) is 13.1 Å². The lowest BCUT2D eigenvalue weighted by molar-refractivity contribution is 0.0184. The number of likely N-dealkylation sites (tertiary alicyclic amines) is 1. The minimum Gasteiger partial charge on any atom is -0.444 e. The minimum atomic E-state index is -3.08. The van der Waals surface area contributed by atoms with E-state index in [1.54, 1.807) is 21.8 Å². The number of ether oxygens (including phenoxy) is 1. The highest BCUT2D eigenvalue weighted by Crippen LogP contribution is 2.30. The Morgan fingerprint density at radius 2 is 1.72 bits per heavy atom. The SMILES string of the molecule is C/C=C/C(F)(F)c1ccc(C(=O)c2ccn(C3CCN(C(=O)OC(C)(C)C)CC3)n2)cc1. The quantitative estimate of drug-likeness (QED) is 0.459. The predicted octanol–water partition coefficient (Wildman–Crippen LogP) is 5.35. The summed E-state index contributed by atoms with van der Waals surface area (Å²) in [5.74, 6) is -3.40. The van der Waals surface area contributed by atoms with Gasteiger partial charge in [-0.2, -0.15) is 13.9 Å². The highest BCUT2D eigenvalue weighted by atomic mass is 19.3. The molecule has 1 amide bonds. The normalized spacial score (nSPS) is 15.9. The van der Waals surface area contributed by atoms with Gasteiger partial charge in [-0.15, -0.1) is 0 Å². The lowest BCUT2D eigenvalue weighted by Gasteiger charge is -2.33. The van der Waals surface area contributed by atoms with Gasteiger partial charge in [-0.25, -0.2) is 4.79 Å². The van der Waals surface area contributed by atoms with Crippen molar-refractivity contribution in [3.05, 3.63) is 65.5 Å². The molecule has 0 radical (unpaired) electrons. The van der Waals surface area contributed by atoms with Crippen LogP contribution in [0.5, 0.6) is 0 Å². The van der Waals surface area contributed by atoms with Gasteiger partial charge in [0.2, 0.25) is 5.78 Å². The predicted molar refractivity (Wildman–Crippen MR) is 117 cm³/mol. The summed E-state index contributed by atoms with van der Waals surface area (Å²) >= 11 is 0. The largest absolute Gasteiger partial charge is 0.444 e. The van der Waals surface area contributed by atoms with Gasteiger partial charge in [0.25, 0.3) is 5.92 Å². The molecule has 0 N–H and O–H groups in total. The Morgan fingerprint density at radius 1 is 1.09 bits per heavy atom. The summed E-state index contributed by atoms with van der Waals surface area (Å²) in [6.07, 6.45) is 4.93. The van der Waals surface area contributed by atoms with E-state index in [1.807, 2.05) is 20.8 Å². The van der Waals surface area contributed by atoms with E-state index in [0.29, 0.717) is 31.5 Å². The Bertz CT molecular complexity index is 983. The van der Waals surface area contributed by atoms with Crippen LogP contribution in [-0.2, 0) is 10.7 Å². The number of rotatable bonds is 5. The minimum absolute atomic E-state index is 0.0668. The molecule has 0 saturated carbocycles. The average molecular weight is 446 g/mol. The smallest absolute Gasteiger partial charge is 0.410 e. The van der Waals surface area contributed by atoms with E-state index >= 15 is 0 Å². The maximum absolute atomic E-state index is 14.0. The van der Waals surface area contributed by atoms with Crippen LogP contribution in [-0.4, -0.2) is 45.2 Å². The summed E-state index contributed by atoms with van der Waals surface area (Å²) < 4.78 is 35.1. The van der Waals surface area contributed by atoms with E-state index < -0.39 is 11.5 Å². The van der Waals surface area contributed by atoms with E-state index in [9.17, 15) is 18.4 Å². The van der Waals surface area contributed by atoms with E-state index in [2.05, 4.69) is 5.10 Å². The summed E-state index contributed by atoms with van der Waals surface area (Å²) in [7, 11) is 0. The topological polar surface area (TPSA) is 64.4 Å². The van der Waals surface area contributed by atoms with Gasteiger partial charge in [-0.3, -0.25) is 9.48 Å². The maximum Gasteiger partial charge on any atom is 0.410 e. The van der Waals surface area contributed by atoms with Crippen LogP contribution >= 0.6 is 0 Å². The first kappa shape index (κ1) is 23.6. The fraction of sp³-hybridized carbons (Fsp3) is 0.458. The molecule has 8 heteroatoms. The van der Waals surface area contributed by atoms with Crippen molar-refractivity contribution >= 4 is 11.9 Å². The molecule has 2 heterocycles. The van der Waals surface area contributed by atoms with Crippen LogP contribution in [0.2, 0.25) is 0 Å². The number of carbonyl (C=O) groups is 2. The number of halogens is 2. The van der Waals surface area contributed by atoms with Crippen molar-refractivity contribution in [1.29, 1.82) is 0 Å². The van der Waals surface area contributed by atoms with Crippen molar-refractivity contribution in [2.24, 2.45) is 0 Å². The van der Waals surface area contributed by atoms with Crippen molar-refractivity contribution in [2.45, 2.75) is 58.1 Å². The Kier molecular flexibility index (Phi) is 6.81. The molecule has 0 bridgehead atoms. The zero-order chi connectivity index (χ0) is 23.5. The van der Waals surface area contributed by atoms with Crippen molar-refractivity contribution < 1.29 is 23.1 Å². The van der Waals surface area contributed by atoms with E-state index in [1.165, 1.54) is 37.3 Å². The molecule has 0 aliphatic carbocycles. The number of benzene rings is 1. The molecule has 3 rings (SSSR count). The first-order valence-corrected chi connectivity index (χ1v) is 10.7. The average Bonchev–Trinajstić information content (AvgIpc) is 3.22. The van der Waals surface area contributed by atoms with Gasteiger partial charge in [0.1, 0.15) is 11.3 Å². The van der Waals surface area contributed by atoms with E-state index in [4.69, 9.17) is 4.74 Å². The van der Waals surface area contributed by atoms with Crippen LogP contribution in [0.25, 0.3) is 0 Å². The van der Waals surface area contributed by atoms with Crippen LogP contribution in [0.4, 0.5) is 13.6 Å². The molecular formula is C24H29F2N3O3. The number of hydrogen-bond acceptors (Lipinski definition) is 4. The van der Waals surface area contributed by atoms with Crippen molar-refractivity contribution in [3.63, 3.8) is 0 Å². The van der Waals surface area contributed by atoms with Crippen LogP contribution in [0.1, 0.15) is 68.2 Å². The van der Waals surface area contributed by atoms with Crippen molar-refractivity contribution in [3.8, 4) is 0 Å². The number of amides is 1. The van der Waals surface area contributed by atoms with Crippen LogP contribution in [0, 0.1) is 0 Å². The Balaban J connectivity index is 1.62. The lowest BCUT2D eigenvalue weighted by Crippen LogP contribution is -2.42. The Morgan fingerprint density at radius 3 is 2.28 bits per heavy atom. The summed E-state index contributed by atoms with van der Waals surface area (Å²) in [4.78, 5) is 26.7. The Hall–Kier alpha value is -3.03. The van der Waals surface area contributed by atoms with Crippen LogP contribution in [0.3, 0.4) is 0 Å². The second-order valence-corrected chi connectivity index (χ2v) is 8.91. The van der Waals surface area contributed by atoms with Gasteiger partial charge in [-0.05, 0) is 52.7 Å². The molecule has 0 atom stereocenters. The molecule has 1 aromatic heterocycles. The number of alkyl halides is 2. The zero-order valence-corrected chi connectivity index (χ0v) is 18.8. The second kappa shape index (κ2) is 9.22. The van der Waals surface area contributed by atoms with E-state index in [-0.39, 0.29) is 29.2 Å². The zero-order valence-electron chi connectivity index (χ0n) is 18.8. The number of nitrogens with zero attached hydrogens (tertiary/aromatic N) is 3. The summed E-state index contributed by atoms with van der Waals surface area (Å²) in [5.41, 5.74) is -0.150. The third-order valence-corrected chi connectivity index (χ3v) is 5.24. The van der Waals surface area contributed by atoms with Crippen LogP contribution < -0.4 is 0 Å². The number of hydrogen-bond donors (Lipinski definition) is 0. The Labute approximate surface area is 186 Å². The molecule has 0 spiro atoms. The van der Waals surface area contributed by atoms with Gasteiger partial charge in [-0.1, -0.05) is 30.3 Å². The van der Waals surface area contributed by atoms with Gasteiger partial charge in [0.05, 0.1) is 6.04 Å². The highest BCUT2D eigenvalue weighted by molar-refractivity contribution is 6.07. The fourth-order valence-electron chi connectivity index (χ4n) is 3.60. The lowest BCUT2D eigenvalue weighted by atomic mass is 10.0. The second-order valence-electron chi connectivity index (χ2n) is 8.91. The molecule has 1 fully saturated rings. The highest BCUT2D eigenvalue weighted by Gasteiger charge is 2.29. The van der Waals surface area contributed by atoms with Gasteiger partial charge < -0.3 is 9.64 Å². The molecular weight excluding hydrogens is 416 g/mol. The molecule has 172 valence electrons. The standard InChI is InChI=1S/C24H29F2N3O3/c1-5-13-24(25,26)18-8-6-17(7-9-18)21(30)20-12-16-29(27-20)19-10-14-28(15-11-19)22(31)32-23(2,3)4/h5-9,12-13,16,19H,10-11,14-15H2,1-4H3/b13-5+. The third kappa shape index (κ3) is 5.60. The van der Waals surface area contributed by atoms with Gasteiger partial charge in [0.15, 0.2) is 0 Å². The molecule has 1 saturated heterocycles. The maximum atomic E-state index is 14.0. The van der Waals surface area contributed by atoms with Crippen LogP contribution in [0.15, 0.2) is 48.7 Å². The first-order chi connectivity index (χ1) is 15.0. The fourth-order valence-corrected chi connectivity index (χ4v) is 3.60. The number of allylic oxidation sites excluding steroid dienone is 2. The number of piperidine rings is 1. The van der Waals surface area contributed by atoms with E-state index in [0.717, 1.165) is 6.08 Å². The molecule has 1 aromatic carbocycles. The number of aromatic nitrogens is 2. The summed E-state index contributed by atoms with van der Waals surface area (Å²) in [6, 6.07) is 7.01. The molecule has 1 aliphatic rings. The molecule has 2 aromatic rings. The van der Waals surface area contributed by atoms with Gasteiger partial charge in [0, 0.05) is 30.4 Å². The number of carbonyl (C=O) groups excluding carboxylic acids is 2. The summed E-state index contributed by atoms with van der Waals surface area (Å²) in [6.45, 7) is 8.13. The number of ketones is 1. The first-order valence-electron chi connectivity index (χ1n) is 10.7. The molecule has 32 heavy (non-hydrogen) atoms.